The fourth-order valence-corrected chi connectivity index (χ4v) is 12.4. The van der Waals surface area contributed by atoms with E-state index in [1.165, 1.54) is 5.57 Å². The number of allylic oxidation sites excluding steroid dienone is 1. The highest BCUT2D eigenvalue weighted by Gasteiger charge is 2.70. The normalized spacial score (nSPS) is 36.8. The van der Waals surface area contributed by atoms with E-state index in [2.05, 4.69) is 58.5 Å². The van der Waals surface area contributed by atoms with Crippen molar-refractivity contribution in [3.8, 4) is 0 Å². The van der Waals surface area contributed by atoms with Crippen LogP contribution in [0.4, 0.5) is 0 Å². The van der Waals surface area contributed by atoms with Gasteiger partial charge in [0.05, 0.1) is 12.0 Å². The Kier molecular flexibility index (Phi) is 10.7. The first-order valence-corrected chi connectivity index (χ1v) is 19.5. The van der Waals surface area contributed by atoms with Gasteiger partial charge in [-0.1, -0.05) is 80.5 Å². The number of benzene rings is 1. The van der Waals surface area contributed by atoms with Crippen LogP contribution in [0, 0.1) is 50.7 Å². The fourth-order valence-electron chi connectivity index (χ4n) is 12.4. The minimum Gasteiger partial charge on any atom is -0.462 e. The molecule has 6 rings (SSSR count). The Labute approximate surface area is 307 Å². The SMILES string of the molecule is CC(C)C1=C2C3CCC4C5(C)CCC(OC(=O)CC(C)(C)C=O)C(C)(C)C5CCC4(C)[C@]3(C)CCC2(NC(=O)c2ccccc2)CC1=O.COC. The van der Waals surface area contributed by atoms with Gasteiger partial charge in [0.2, 0.25) is 0 Å². The Hall–Kier alpha value is -2.80. The number of fused-ring (bicyclic) bond motifs is 7. The van der Waals surface area contributed by atoms with E-state index < -0.39 is 11.0 Å². The lowest BCUT2D eigenvalue weighted by Gasteiger charge is -2.72. The van der Waals surface area contributed by atoms with Gasteiger partial charge in [-0.15, -0.1) is 0 Å². The smallest absolute Gasteiger partial charge is 0.307 e. The van der Waals surface area contributed by atoms with Crippen LogP contribution in [0.5, 0.6) is 0 Å². The monoisotopic (exact) mass is 703 g/mol. The summed E-state index contributed by atoms with van der Waals surface area (Å²) in [6, 6.07) is 9.43. The minimum atomic E-state index is -0.720. The topological polar surface area (TPSA) is 98.8 Å². The van der Waals surface area contributed by atoms with E-state index in [1.807, 2.05) is 30.3 Å². The first-order chi connectivity index (χ1) is 23.8. The van der Waals surface area contributed by atoms with Gasteiger partial charge in [-0.2, -0.15) is 0 Å². The molecule has 8 atom stereocenters. The van der Waals surface area contributed by atoms with Crippen molar-refractivity contribution in [1.82, 2.24) is 5.32 Å². The summed E-state index contributed by atoms with van der Waals surface area (Å²) >= 11 is 0. The third-order valence-corrected chi connectivity index (χ3v) is 15.0. The zero-order chi connectivity index (χ0) is 37.8. The quantitative estimate of drug-likeness (QED) is 0.225. The van der Waals surface area contributed by atoms with Gasteiger partial charge in [-0.25, -0.2) is 0 Å². The molecule has 0 saturated heterocycles. The van der Waals surface area contributed by atoms with Crippen LogP contribution >= 0.6 is 0 Å². The maximum atomic E-state index is 13.9. The number of carbonyl (C=O) groups excluding carboxylic acids is 4. The van der Waals surface area contributed by atoms with Gasteiger partial charge >= 0.3 is 5.97 Å². The molecule has 0 radical (unpaired) electrons. The summed E-state index contributed by atoms with van der Waals surface area (Å²) in [4.78, 5) is 52.1. The molecule has 4 saturated carbocycles. The average molecular weight is 704 g/mol. The zero-order valence-corrected chi connectivity index (χ0v) is 33.4. The molecule has 5 aliphatic rings. The molecule has 1 aromatic carbocycles. The number of methoxy groups -OCH3 is 1. The Bertz CT molecular complexity index is 1540. The van der Waals surface area contributed by atoms with Gasteiger partial charge < -0.3 is 19.6 Å². The van der Waals surface area contributed by atoms with Crippen molar-refractivity contribution < 1.29 is 28.7 Å². The summed E-state index contributed by atoms with van der Waals surface area (Å²) in [6.45, 7) is 20.1. The van der Waals surface area contributed by atoms with E-state index in [9.17, 15) is 19.2 Å². The highest BCUT2D eigenvalue weighted by molar-refractivity contribution is 6.03. The predicted octanol–water partition coefficient (Wildman–Crippen LogP) is 8.94. The van der Waals surface area contributed by atoms with Crippen LogP contribution in [-0.4, -0.2) is 49.8 Å². The lowest BCUT2D eigenvalue weighted by Crippen LogP contribution is -2.67. The number of esters is 1. The molecule has 0 heterocycles. The summed E-state index contributed by atoms with van der Waals surface area (Å²) in [6.07, 6.45) is 9.12. The van der Waals surface area contributed by atoms with Crippen molar-refractivity contribution in [2.75, 3.05) is 14.2 Å². The molecular formula is C44H65NO6. The number of carbonyl (C=O) groups is 4. The second-order valence-electron chi connectivity index (χ2n) is 19.1. The highest BCUT2D eigenvalue weighted by Crippen LogP contribution is 2.76. The number of hydrogen-bond donors (Lipinski definition) is 1. The Morgan fingerprint density at radius 2 is 1.55 bits per heavy atom. The lowest BCUT2D eigenvalue weighted by molar-refractivity contribution is -0.232. The molecule has 0 aliphatic heterocycles. The summed E-state index contributed by atoms with van der Waals surface area (Å²) in [5.41, 5.74) is 1.53. The molecule has 1 N–H and O–H groups in total. The van der Waals surface area contributed by atoms with Crippen molar-refractivity contribution >= 4 is 23.9 Å². The fraction of sp³-hybridized carbons (Fsp3) is 0.727. The molecule has 1 aromatic rings. The van der Waals surface area contributed by atoms with Crippen LogP contribution in [0.2, 0.25) is 0 Å². The maximum absolute atomic E-state index is 13.9. The number of ether oxygens (including phenoxy) is 2. The largest absolute Gasteiger partial charge is 0.462 e. The first-order valence-electron chi connectivity index (χ1n) is 19.5. The number of nitrogens with one attached hydrogen (secondary N) is 1. The maximum Gasteiger partial charge on any atom is 0.307 e. The van der Waals surface area contributed by atoms with Crippen LogP contribution in [0.1, 0.15) is 137 Å². The van der Waals surface area contributed by atoms with E-state index in [0.29, 0.717) is 23.8 Å². The summed E-state index contributed by atoms with van der Waals surface area (Å²) < 4.78 is 10.5. The van der Waals surface area contributed by atoms with Gasteiger partial charge in [-0.05, 0) is 115 Å². The summed E-state index contributed by atoms with van der Waals surface area (Å²) in [5.74, 6) is 1.15. The predicted molar refractivity (Wildman–Crippen MR) is 201 cm³/mol. The van der Waals surface area contributed by atoms with E-state index >= 15 is 0 Å². The molecule has 7 nitrogen and oxygen atoms in total. The Morgan fingerprint density at radius 1 is 0.902 bits per heavy atom. The zero-order valence-electron chi connectivity index (χ0n) is 33.4. The first kappa shape index (κ1) is 39.4. The molecule has 5 aliphatic carbocycles. The molecule has 0 bridgehead atoms. The minimum absolute atomic E-state index is 0.00116. The molecule has 1 amide bonds. The number of rotatable bonds is 7. The third-order valence-electron chi connectivity index (χ3n) is 15.0. The number of amides is 1. The number of aldehydes is 1. The van der Waals surface area contributed by atoms with E-state index in [0.717, 1.165) is 63.2 Å². The van der Waals surface area contributed by atoms with Crippen molar-refractivity contribution in [2.24, 2.45) is 50.7 Å². The second-order valence-corrected chi connectivity index (χ2v) is 19.1. The Balaban J connectivity index is 0.00000162. The summed E-state index contributed by atoms with van der Waals surface area (Å²) in [5, 5.41) is 3.48. The van der Waals surface area contributed by atoms with Crippen LogP contribution in [0.3, 0.4) is 0 Å². The van der Waals surface area contributed by atoms with Crippen molar-refractivity contribution in [3.05, 3.63) is 47.0 Å². The van der Waals surface area contributed by atoms with Crippen LogP contribution in [-0.2, 0) is 23.9 Å². The van der Waals surface area contributed by atoms with Crippen molar-refractivity contribution in [3.63, 3.8) is 0 Å². The second kappa shape index (κ2) is 13.9. The van der Waals surface area contributed by atoms with Crippen LogP contribution < -0.4 is 5.32 Å². The third kappa shape index (κ3) is 6.46. The van der Waals surface area contributed by atoms with Gasteiger partial charge in [0.25, 0.3) is 5.91 Å². The van der Waals surface area contributed by atoms with Gasteiger partial charge in [0.15, 0.2) is 5.78 Å². The molecule has 51 heavy (non-hydrogen) atoms. The molecule has 4 fully saturated rings. The van der Waals surface area contributed by atoms with Gasteiger partial charge in [0, 0.05) is 37.0 Å². The molecule has 0 spiro atoms. The number of ketones is 1. The Morgan fingerprint density at radius 3 is 2.16 bits per heavy atom. The van der Waals surface area contributed by atoms with E-state index in [-0.39, 0.29) is 63.7 Å². The lowest BCUT2D eigenvalue weighted by atomic mass is 9.33. The van der Waals surface area contributed by atoms with Gasteiger partial charge in [-0.3, -0.25) is 14.4 Å². The van der Waals surface area contributed by atoms with E-state index in [4.69, 9.17) is 4.74 Å². The highest BCUT2D eigenvalue weighted by atomic mass is 16.5. The molecule has 0 aromatic heterocycles. The van der Waals surface area contributed by atoms with E-state index in [1.54, 1.807) is 28.1 Å². The molecule has 7 heteroatoms. The van der Waals surface area contributed by atoms with Gasteiger partial charge in [0.1, 0.15) is 12.4 Å². The number of hydrogen-bond acceptors (Lipinski definition) is 6. The van der Waals surface area contributed by atoms with Crippen LogP contribution in [0.15, 0.2) is 41.5 Å². The van der Waals surface area contributed by atoms with Crippen molar-refractivity contribution in [1.29, 1.82) is 0 Å². The number of Topliss-reactive ketones (excluding diaryl/α,β-unsaturated/α-hetero) is 1. The van der Waals surface area contributed by atoms with Crippen molar-refractivity contribution in [2.45, 2.75) is 138 Å². The molecular weight excluding hydrogens is 638 g/mol. The standard InChI is InChI=1S/C42H59NO5.C2H6O/c1-26(2)34-29(45)23-42(43-36(47)27-13-11-10-12-14-27)22-21-40(8)28(35(34)42)15-16-31-39(7)19-18-32(48-33(46)24-37(3,4)25-44)38(5,6)30(39)17-20-41(31,40)9;1-3-2/h10-14,25-26,28,30-32H,15-24H2,1-9H3,(H,43,47);1-2H3/t28?,30?,31?,32?,39?,40-,41?,42?;/m1./s1. The molecule has 282 valence electrons. The summed E-state index contributed by atoms with van der Waals surface area (Å²) in [7, 11) is 3.25. The average Bonchev–Trinajstić information content (AvgIpc) is 3.35. The van der Waals surface area contributed by atoms with Crippen LogP contribution in [0.25, 0.3) is 0 Å². The molecule has 7 unspecified atom stereocenters.